The topological polar surface area (TPSA) is 72.5 Å². The molecule has 146 valence electrons. The van der Waals surface area contributed by atoms with Crippen molar-refractivity contribution in [1.82, 2.24) is 4.98 Å². The van der Waals surface area contributed by atoms with Gasteiger partial charge < -0.3 is 20.1 Å². The summed E-state index contributed by atoms with van der Waals surface area (Å²) in [7, 11) is 0. The average Bonchev–Trinajstić information content (AvgIpc) is 3.13. The Balaban J connectivity index is 1.64. The number of amides is 1. The van der Waals surface area contributed by atoms with Gasteiger partial charge in [0, 0.05) is 11.1 Å². The van der Waals surface area contributed by atoms with Crippen LogP contribution in [0, 0.1) is 0 Å². The molecule has 9 heteroatoms. The molecule has 2 N–H and O–H groups in total. The van der Waals surface area contributed by atoms with Crippen molar-refractivity contribution in [3.05, 3.63) is 59.6 Å². The van der Waals surface area contributed by atoms with Gasteiger partial charge in [0.05, 0.1) is 12.3 Å². The maximum Gasteiger partial charge on any atom is 0.387 e. The van der Waals surface area contributed by atoms with Gasteiger partial charge in [0.2, 0.25) is 0 Å². The summed E-state index contributed by atoms with van der Waals surface area (Å²) in [4.78, 5) is 16.7. The molecule has 0 aliphatic rings. The van der Waals surface area contributed by atoms with E-state index in [9.17, 15) is 13.6 Å². The Hall–Kier alpha value is -3.20. The molecule has 0 spiro atoms. The predicted octanol–water partition coefficient (Wildman–Crippen LogP) is 5.14. The van der Waals surface area contributed by atoms with Gasteiger partial charge in [0.15, 0.2) is 5.13 Å². The van der Waals surface area contributed by atoms with Crippen LogP contribution in [0.25, 0.3) is 0 Å². The monoisotopic (exact) mass is 405 g/mol. The zero-order valence-corrected chi connectivity index (χ0v) is 15.6. The van der Waals surface area contributed by atoms with Crippen molar-refractivity contribution in [1.29, 1.82) is 0 Å². The highest BCUT2D eigenvalue weighted by Gasteiger charge is 2.13. The highest BCUT2D eigenvalue weighted by Crippen LogP contribution is 2.26. The summed E-state index contributed by atoms with van der Waals surface area (Å²) in [6.45, 7) is -0.520. The third-order valence-electron chi connectivity index (χ3n) is 3.50. The van der Waals surface area contributed by atoms with Crippen LogP contribution in [0.5, 0.6) is 11.5 Å². The van der Waals surface area contributed by atoms with Gasteiger partial charge in [-0.25, -0.2) is 4.98 Å². The first-order valence-corrected chi connectivity index (χ1v) is 9.23. The first kappa shape index (κ1) is 19.6. The van der Waals surface area contributed by atoms with Crippen molar-refractivity contribution in [2.24, 2.45) is 0 Å². The van der Waals surface area contributed by atoms with E-state index in [4.69, 9.17) is 4.74 Å². The number of rotatable bonds is 8. The van der Waals surface area contributed by atoms with Crippen molar-refractivity contribution in [3.63, 3.8) is 0 Å². The molecule has 0 unspecified atom stereocenters. The van der Waals surface area contributed by atoms with E-state index < -0.39 is 6.61 Å². The van der Waals surface area contributed by atoms with Crippen LogP contribution in [-0.4, -0.2) is 24.1 Å². The van der Waals surface area contributed by atoms with Crippen LogP contribution in [0.15, 0.2) is 53.9 Å². The number of para-hydroxylation sites is 2. The summed E-state index contributed by atoms with van der Waals surface area (Å²) in [5.74, 6) is 0.280. The van der Waals surface area contributed by atoms with Gasteiger partial charge in [-0.1, -0.05) is 12.1 Å². The van der Waals surface area contributed by atoms with E-state index in [1.54, 1.807) is 35.7 Å². The zero-order chi connectivity index (χ0) is 19.9. The molecule has 28 heavy (non-hydrogen) atoms. The number of ether oxygens (including phenoxy) is 2. The second-order valence-electron chi connectivity index (χ2n) is 5.45. The Bertz CT molecular complexity index is 932. The average molecular weight is 405 g/mol. The molecule has 6 nitrogen and oxygen atoms in total. The molecule has 1 amide bonds. The standard InChI is InChI=1S/C19H17F2N3O3S/c1-2-26-16-6-4-3-5-14(16)23-17(25)15-11-28-19(24-15)22-12-7-9-13(10-8-12)27-18(20)21/h3-11,18H,2H2,1H3,(H,22,24)(H,23,25). The lowest BCUT2D eigenvalue weighted by Crippen LogP contribution is -2.13. The highest BCUT2D eigenvalue weighted by atomic mass is 32.1. The fourth-order valence-corrected chi connectivity index (χ4v) is 3.03. The summed E-state index contributed by atoms with van der Waals surface area (Å²) >= 11 is 1.25. The lowest BCUT2D eigenvalue weighted by Gasteiger charge is -2.10. The molecule has 0 aliphatic carbocycles. The van der Waals surface area contributed by atoms with E-state index in [0.717, 1.165) is 0 Å². The highest BCUT2D eigenvalue weighted by molar-refractivity contribution is 7.14. The van der Waals surface area contributed by atoms with Gasteiger partial charge in [-0.2, -0.15) is 8.78 Å². The molecular weight excluding hydrogens is 388 g/mol. The lowest BCUT2D eigenvalue weighted by atomic mass is 10.3. The summed E-state index contributed by atoms with van der Waals surface area (Å²) in [5, 5.41) is 7.91. The van der Waals surface area contributed by atoms with Crippen LogP contribution in [0.1, 0.15) is 17.4 Å². The summed E-state index contributed by atoms with van der Waals surface area (Å²) in [6, 6.07) is 13.1. The molecule has 0 radical (unpaired) electrons. The maximum absolute atomic E-state index is 12.4. The van der Waals surface area contributed by atoms with Crippen molar-refractivity contribution in [2.75, 3.05) is 17.2 Å². The van der Waals surface area contributed by atoms with Gasteiger partial charge in [-0.15, -0.1) is 11.3 Å². The Kier molecular flexibility index (Phi) is 6.38. The fourth-order valence-electron chi connectivity index (χ4n) is 2.32. The molecule has 0 aliphatic heterocycles. The van der Waals surface area contributed by atoms with Gasteiger partial charge in [-0.05, 0) is 43.3 Å². The Labute approximate surface area is 164 Å². The molecule has 1 heterocycles. The predicted molar refractivity (Wildman–Crippen MR) is 104 cm³/mol. The maximum atomic E-state index is 12.4. The minimum absolute atomic E-state index is 0.0627. The molecule has 1 aromatic heterocycles. The largest absolute Gasteiger partial charge is 0.492 e. The Morgan fingerprint density at radius 1 is 1.18 bits per heavy atom. The molecular formula is C19H17F2N3O3S. The number of halogens is 2. The second kappa shape index (κ2) is 9.14. The van der Waals surface area contributed by atoms with Crippen LogP contribution in [0.2, 0.25) is 0 Å². The van der Waals surface area contributed by atoms with E-state index in [-0.39, 0.29) is 17.4 Å². The first-order valence-electron chi connectivity index (χ1n) is 8.35. The number of carbonyl (C=O) groups is 1. The number of hydrogen-bond acceptors (Lipinski definition) is 6. The number of thiazole rings is 1. The number of anilines is 3. The summed E-state index contributed by atoms with van der Waals surface area (Å²) in [5.41, 5.74) is 1.44. The summed E-state index contributed by atoms with van der Waals surface area (Å²) < 4.78 is 34.1. The van der Waals surface area contributed by atoms with Crippen molar-refractivity contribution < 1.29 is 23.0 Å². The van der Waals surface area contributed by atoms with E-state index >= 15 is 0 Å². The molecule has 3 rings (SSSR count). The van der Waals surface area contributed by atoms with Crippen LogP contribution in [0.3, 0.4) is 0 Å². The van der Waals surface area contributed by atoms with E-state index in [0.29, 0.717) is 28.9 Å². The third kappa shape index (κ3) is 5.17. The molecule has 0 bridgehead atoms. The van der Waals surface area contributed by atoms with Crippen LogP contribution >= 0.6 is 11.3 Å². The third-order valence-corrected chi connectivity index (χ3v) is 4.26. The normalized spacial score (nSPS) is 10.6. The molecule has 2 aromatic carbocycles. The SMILES string of the molecule is CCOc1ccccc1NC(=O)c1csc(Nc2ccc(OC(F)F)cc2)n1. The Morgan fingerprint density at radius 3 is 2.64 bits per heavy atom. The van der Waals surface area contributed by atoms with Crippen molar-refractivity contribution >= 4 is 33.8 Å². The van der Waals surface area contributed by atoms with Crippen LogP contribution < -0.4 is 20.1 Å². The van der Waals surface area contributed by atoms with Crippen molar-refractivity contribution in [3.8, 4) is 11.5 Å². The molecule has 0 saturated carbocycles. The lowest BCUT2D eigenvalue weighted by molar-refractivity contribution is -0.0498. The quantitative estimate of drug-likeness (QED) is 0.543. The van der Waals surface area contributed by atoms with Crippen molar-refractivity contribution in [2.45, 2.75) is 13.5 Å². The number of carbonyl (C=O) groups excluding carboxylic acids is 1. The van der Waals surface area contributed by atoms with Gasteiger partial charge in [0.25, 0.3) is 5.91 Å². The van der Waals surface area contributed by atoms with Gasteiger partial charge >= 0.3 is 6.61 Å². The first-order chi connectivity index (χ1) is 13.5. The van der Waals surface area contributed by atoms with Crippen LogP contribution in [-0.2, 0) is 0 Å². The number of benzene rings is 2. The molecule has 0 saturated heterocycles. The smallest absolute Gasteiger partial charge is 0.387 e. The molecule has 3 aromatic rings. The number of alkyl halides is 2. The zero-order valence-electron chi connectivity index (χ0n) is 14.8. The van der Waals surface area contributed by atoms with Crippen LogP contribution in [0.4, 0.5) is 25.3 Å². The number of nitrogens with zero attached hydrogens (tertiary/aromatic N) is 1. The van der Waals surface area contributed by atoms with Gasteiger partial charge in [-0.3, -0.25) is 4.79 Å². The number of aromatic nitrogens is 1. The Morgan fingerprint density at radius 2 is 1.93 bits per heavy atom. The van der Waals surface area contributed by atoms with E-state index in [2.05, 4.69) is 20.4 Å². The second-order valence-corrected chi connectivity index (χ2v) is 6.31. The molecule has 0 atom stereocenters. The number of hydrogen-bond donors (Lipinski definition) is 2. The van der Waals surface area contributed by atoms with Gasteiger partial charge in [0.1, 0.15) is 17.2 Å². The summed E-state index contributed by atoms with van der Waals surface area (Å²) in [6.07, 6.45) is 0. The molecule has 0 fully saturated rings. The van der Waals surface area contributed by atoms with E-state index in [1.807, 2.05) is 13.0 Å². The minimum atomic E-state index is -2.87. The van der Waals surface area contributed by atoms with E-state index in [1.165, 1.54) is 23.5 Å². The minimum Gasteiger partial charge on any atom is -0.492 e. The number of nitrogens with one attached hydrogen (secondary N) is 2. The fraction of sp³-hybridized carbons (Fsp3) is 0.158.